The highest BCUT2D eigenvalue weighted by Crippen LogP contribution is 2.19. The van der Waals surface area contributed by atoms with Crippen molar-refractivity contribution in [3.05, 3.63) is 28.8 Å². The number of hydrazine groups is 1. The summed E-state index contributed by atoms with van der Waals surface area (Å²) in [5, 5.41) is 3.76. The van der Waals surface area contributed by atoms with Gasteiger partial charge in [0, 0.05) is 10.7 Å². The number of ether oxygens (including phenoxy) is 1. The van der Waals surface area contributed by atoms with Crippen LogP contribution in [0.3, 0.4) is 0 Å². The number of benzene rings is 1. The van der Waals surface area contributed by atoms with Gasteiger partial charge in [-0.2, -0.15) is 0 Å². The van der Waals surface area contributed by atoms with E-state index >= 15 is 0 Å². The summed E-state index contributed by atoms with van der Waals surface area (Å²) in [4.78, 5) is 11.4. The van der Waals surface area contributed by atoms with Crippen LogP contribution < -0.4 is 16.2 Å². The van der Waals surface area contributed by atoms with Gasteiger partial charge in [0.2, 0.25) is 0 Å². The van der Waals surface area contributed by atoms with E-state index in [0.29, 0.717) is 5.02 Å². The molecule has 0 atom stereocenters. The smallest absolute Gasteiger partial charge is 0.426 e. The van der Waals surface area contributed by atoms with Gasteiger partial charge >= 0.3 is 6.09 Å². The fourth-order valence-electron chi connectivity index (χ4n) is 1.24. The van der Waals surface area contributed by atoms with E-state index in [2.05, 4.69) is 16.2 Å². The van der Waals surface area contributed by atoms with E-state index < -0.39 is 11.7 Å². The third kappa shape index (κ3) is 6.08. The van der Waals surface area contributed by atoms with Crippen LogP contribution in [-0.2, 0) is 4.74 Å². The van der Waals surface area contributed by atoms with Gasteiger partial charge in [-0.25, -0.2) is 10.2 Å². The van der Waals surface area contributed by atoms with Crippen LogP contribution in [0.15, 0.2) is 18.2 Å². The van der Waals surface area contributed by atoms with Gasteiger partial charge in [-0.05, 0) is 57.6 Å². The van der Waals surface area contributed by atoms with Crippen LogP contribution in [0.4, 0.5) is 10.5 Å². The van der Waals surface area contributed by atoms with Crippen molar-refractivity contribution in [3.63, 3.8) is 0 Å². The molecule has 1 amide bonds. The molecule has 20 heavy (non-hydrogen) atoms. The zero-order chi connectivity index (χ0) is 15.3. The van der Waals surface area contributed by atoms with Gasteiger partial charge in [0.25, 0.3) is 0 Å². The average Bonchev–Trinajstić information content (AvgIpc) is 2.29. The molecule has 0 saturated carbocycles. The summed E-state index contributed by atoms with van der Waals surface area (Å²) in [5.74, 6) is 0. The van der Waals surface area contributed by atoms with E-state index in [0.717, 1.165) is 11.3 Å². The van der Waals surface area contributed by atoms with Crippen molar-refractivity contribution >= 4 is 40.7 Å². The number of anilines is 1. The number of carbonyl (C=O) groups is 1. The highest BCUT2D eigenvalue weighted by atomic mass is 35.5. The van der Waals surface area contributed by atoms with Crippen molar-refractivity contribution in [3.8, 4) is 0 Å². The monoisotopic (exact) mass is 315 g/mol. The number of halogens is 1. The topological polar surface area (TPSA) is 62.4 Å². The van der Waals surface area contributed by atoms with Gasteiger partial charge in [0.05, 0.1) is 0 Å². The molecule has 0 bridgehead atoms. The normalized spacial score (nSPS) is 10.7. The Morgan fingerprint density at radius 1 is 1.30 bits per heavy atom. The second kappa shape index (κ2) is 6.76. The van der Waals surface area contributed by atoms with E-state index in [1.54, 1.807) is 26.8 Å². The van der Waals surface area contributed by atoms with Crippen LogP contribution >= 0.6 is 23.8 Å². The first-order valence-electron chi connectivity index (χ1n) is 5.99. The Morgan fingerprint density at radius 2 is 1.95 bits per heavy atom. The zero-order valence-electron chi connectivity index (χ0n) is 11.8. The number of amides is 1. The fraction of sp³-hybridized carbons (Fsp3) is 0.385. The number of rotatable bonds is 1. The minimum Gasteiger partial charge on any atom is -0.443 e. The van der Waals surface area contributed by atoms with E-state index in [-0.39, 0.29) is 5.11 Å². The maximum Gasteiger partial charge on any atom is 0.426 e. The Balaban J connectivity index is 2.44. The quantitative estimate of drug-likeness (QED) is 0.548. The van der Waals surface area contributed by atoms with E-state index in [1.807, 2.05) is 19.1 Å². The van der Waals surface area contributed by atoms with Crippen molar-refractivity contribution in [1.29, 1.82) is 0 Å². The molecular weight excluding hydrogens is 298 g/mol. The molecule has 5 nitrogen and oxygen atoms in total. The van der Waals surface area contributed by atoms with Crippen molar-refractivity contribution in [1.82, 2.24) is 10.9 Å². The lowest BCUT2D eigenvalue weighted by atomic mass is 10.2. The van der Waals surface area contributed by atoms with Crippen LogP contribution in [0.1, 0.15) is 26.3 Å². The molecular formula is C13H18ClN3O2S. The molecule has 0 aliphatic carbocycles. The highest BCUT2D eigenvalue weighted by Gasteiger charge is 2.15. The summed E-state index contributed by atoms with van der Waals surface area (Å²) >= 11 is 11.0. The Labute approximate surface area is 129 Å². The average molecular weight is 316 g/mol. The second-order valence-electron chi connectivity index (χ2n) is 5.17. The molecule has 110 valence electrons. The summed E-state index contributed by atoms with van der Waals surface area (Å²) in [6, 6.07) is 5.45. The summed E-state index contributed by atoms with van der Waals surface area (Å²) in [6.45, 7) is 7.24. The molecule has 0 saturated heterocycles. The number of carbonyl (C=O) groups excluding carboxylic acids is 1. The van der Waals surface area contributed by atoms with Gasteiger partial charge in [0.15, 0.2) is 5.11 Å². The van der Waals surface area contributed by atoms with Gasteiger partial charge in [0.1, 0.15) is 5.60 Å². The minimum absolute atomic E-state index is 0.232. The third-order valence-electron chi connectivity index (χ3n) is 2.11. The van der Waals surface area contributed by atoms with Gasteiger partial charge in [-0.3, -0.25) is 5.43 Å². The van der Waals surface area contributed by atoms with Gasteiger partial charge in [-0.1, -0.05) is 17.7 Å². The number of nitrogens with one attached hydrogen (secondary N) is 3. The lowest BCUT2D eigenvalue weighted by Crippen LogP contribution is -2.45. The van der Waals surface area contributed by atoms with Crippen molar-refractivity contribution in [2.75, 3.05) is 5.32 Å². The molecule has 0 aromatic heterocycles. The van der Waals surface area contributed by atoms with Crippen LogP contribution in [0.2, 0.25) is 5.02 Å². The predicted molar refractivity (Wildman–Crippen MR) is 84.9 cm³/mol. The van der Waals surface area contributed by atoms with Crippen LogP contribution in [0, 0.1) is 6.92 Å². The zero-order valence-corrected chi connectivity index (χ0v) is 13.4. The van der Waals surface area contributed by atoms with E-state index in [4.69, 9.17) is 28.6 Å². The fourth-order valence-corrected chi connectivity index (χ4v) is 1.59. The Kier molecular flexibility index (Phi) is 5.59. The van der Waals surface area contributed by atoms with Crippen molar-refractivity contribution < 1.29 is 9.53 Å². The summed E-state index contributed by atoms with van der Waals surface area (Å²) in [5.41, 5.74) is 6.01. The molecule has 0 unspecified atom stereocenters. The van der Waals surface area contributed by atoms with E-state index in [1.165, 1.54) is 0 Å². The molecule has 0 fully saturated rings. The van der Waals surface area contributed by atoms with Gasteiger partial charge < -0.3 is 10.1 Å². The lowest BCUT2D eigenvalue weighted by Gasteiger charge is -2.20. The maximum atomic E-state index is 11.4. The Bertz CT molecular complexity index is 515. The second-order valence-corrected chi connectivity index (χ2v) is 5.99. The van der Waals surface area contributed by atoms with Crippen LogP contribution in [0.5, 0.6) is 0 Å². The predicted octanol–water partition coefficient (Wildman–Crippen LogP) is 3.37. The first-order valence-corrected chi connectivity index (χ1v) is 6.78. The molecule has 0 aliphatic heterocycles. The molecule has 0 heterocycles. The molecule has 0 radical (unpaired) electrons. The Hall–Kier alpha value is -1.53. The number of hydrogen-bond donors (Lipinski definition) is 3. The molecule has 1 rings (SSSR count). The molecule has 1 aromatic rings. The molecule has 0 spiro atoms. The van der Waals surface area contributed by atoms with Crippen LogP contribution in [-0.4, -0.2) is 16.8 Å². The Morgan fingerprint density at radius 3 is 2.50 bits per heavy atom. The van der Waals surface area contributed by atoms with Crippen molar-refractivity contribution in [2.45, 2.75) is 33.3 Å². The van der Waals surface area contributed by atoms with E-state index in [9.17, 15) is 4.79 Å². The van der Waals surface area contributed by atoms with Gasteiger partial charge in [-0.15, -0.1) is 0 Å². The lowest BCUT2D eigenvalue weighted by molar-refractivity contribution is 0.0513. The maximum absolute atomic E-state index is 11.4. The summed E-state index contributed by atoms with van der Waals surface area (Å²) in [7, 11) is 0. The summed E-state index contributed by atoms with van der Waals surface area (Å²) in [6.07, 6.45) is -0.608. The SMILES string of the molecule is Cc1ccc(NC(=S)NNC(=O)OC(C)(C)C)cc1Cl. The number of aryl methyl sites for hydroxylation is 1. The van der Waals surface area contributed by atoms with Crippen LogP contribution in [0.25, 0.3) is 0 Å². The molecule has 1 aromatic carbocycles. The standard InChI is InChI=1S/C13H18ClN3O2S/c1-8-5-6-9(7-10(8)14)15-11(20)16-17-12(18)19-13(2,3)4/h5-7H,1-4H3,(H,17,18)(H2,15,16,20). The molecule has 3 N–H and O–H groups in total. The van der Waals surface area contributed by atoms with Crippen molar-refractivity contribution in [2.24, 2.45) is 0 Å². The number of thiocarbonyl (C=S) groups is 1. The molecule has 0 aliphatic rings. The highest BCUT2D eigenvalue weighted by molar-refractivity contribution is 7.80. The molecule has 7 heteroatoms. The third-order valence-corrected chi connectivity index (χ3v) is 2.72. The first kappa shape index (κ1) is 16.5. The largest absolute Gasteiger partial charge is 0.443 e. The summed E-state index contributed by atoms with van der Waals surface area (Å²) < 4.78 is 5.05. The number of hydrogen-bond acceptors (Lipinski definition) is 3. The first-order chi connectivity index (χ1) is 9.17. The minimum atomic E-state index is -0.608.